The van der Waals surface area contributed by atoms with Crippen molar-refractivity contribution in [2.24, 2.45) is 0 Å². The smallest absolute Gasteiger partial charge is 0.366 e. The van der Waals surface area contributed by atoms with Gasteiger partial charge in [0.15, 0.2) is 0 Å². The van der Waals surface area contributed by atoms with Crippen LogP contribution in [0.4, 0.5) is 0 Å². The van der Waals surface area contributed by atoms with E-state index in [0.717, 1.165) is 57.8 Å². The lowest BCUT2D eigenvalue weighted by atomic mass is 10.0. The summed E-state index contributed by atoms with van der Waals surface area (Å²) in [7, 11) is 0. The highest BCUT2D eigenvalue weighted by Gasteiger charge is 2.42. The van der Waals surface area contributed by atoms with E-state index in [1.807, 2.05) is 0 Å². The van der Waals surface area contributed by atoms with Gasteiger partial charge in [0, 0.05) is 19.6 Å². The predicted octanol–water partition coefficient (Wildman–Crippen LogP) is 12.8. The molecule has 0 heterocycles. The van der Waals surface area contributed by atoms with E-state index in [1.165, 1.54) is 186 Å². The highest BCUT2D eigenvalue weighted by molar-refractivity contribution is 5.78. The Bertz CT molecular complexity index is 740. The monoisotopic (exact) mass is 815 g/mol. The largest absolute Gasteiger partial charge is 0.459 e. The second kappa shape index (κ2) is 46.3. The predicted molar refractivity (Wildman–Crippen MR) is 239 cm³/mol. The molecule has 57 heavy (non-hydrogen) atoms. The molecular formula is C49H98O8. The number of rotatable bonds is 49. The topological polar surface area (TPSA) is 126 Å². The fourth-order valence-corrected chi connectivity index (χ4v) is 7.73. The maximum atomic E-state index is 13.6. The van der Waals surface area contributed by atoms with E-state index in [2.05, 4.69) is 6.92 Å². The Labute approximate surface area is 353 Å². The van der Waals surface area contributed by atoms with E-state index in [0.29, 0.717) is 32.8 Å². The third-order valence-electron chi connectivity index (χ3n) is 11.6. The second-order valence-corrected chi connectivity index (χ2v) is 17.2. The molecule has 0 aromatic carbocycles. The summed E-state index contributed by atoms with van der Waals surface area (Å²) < 4.78 is 18.3. The Balaban J connectivity index is 4.53. The molecule has 0 fully saturated rings. The summed E-state index contributed by atoms with van der Waals surface area (Å²) in [6.07, 6.45) is 45.4. The van der Waals surface area contributed by atoms with Crippen LogP contribution in [0.15, 0.2) is 0 Å². The van der Waals surface area contributed by atoms with Gasteiger partial charge in [-0.25, -0.2) is 4.79 Å². The van der Waals surface area contributed by atoms with Crippen molar-refractivity contribution in [2.75, 3.05) is 39.6 Å². The van der Waals surface area contributed by atoms with Gasteiger partial charge in [-0.15, -0.1) is 0 Å². The van der Waals surface area contributed by atoms with Crippen LogP contribution in [0.3, 0.4) is 0 Å². The maximum absolute atomic E-state index is 13.6. The summed E-state index contributed by atoms with van der Waals surface area (Å²) in [6, 6.07) is 0. The molecule has 0 aromatic rings. The minimum Gasteiger partial charge on any atom is -0.459 e. The summed E-state index contributed by atoms with van der Waals surface area (Å²) in [4.78, 5) is 13.6. The van der Waals surface area contributed by atoms with Crippen LogP contribution in [0, 0.1) is 0 Å². The third-order valence-corrected chi connectivity index (χ3v) is 11.6. The zero-order valence-electron chi connectivity index (χ0n) is 37.8. The van der Waals surface area contributed by atoms with Crippen LogP contribution in [-0.2, 0) is 19.0 Å². The molecule has 1 unspecified atom stereocenters. The van der Waals surface area contributed by atoms with Gasteiger partial charge in [0.25, 0.3) is 5.79 Å². The van der Waals surface area contributed by atoms with Crippen molar-refractivity contribution in [3.8, 4) is 0 Å². The number of ether oxygens (including phenoxy) is 3. The first-order valence-electron chi connectivity index (χ1n) is 25.0. The molecular weight excluding hydrogens is 717 g/mol. The molecule has 0 bridgehead atoms. The SMILES string of the molecule is CCCCCCCCC(OCCCCCCCCCCCCCCCCCCO)(OCCCCCCCCCCCCCCCCCCO)C(=O)OCC(O)CO. The maximum Gasteiger partial charge on any atom is 0.366 e. The van der Waals surface area contributed by atoms with Crippen LogP contribution < -0.4 is 0 Å². The Morgan fingerprint density at radius 3 is 1.00 bits per heavy atom. The summed E-state index contributed by atoms with van der Waals surface area (Å²) in [5.41, 5.74) is 0. The number of aliphatic hydroxyl groups is 4. The van der Waals surface area contributed by atoms with Crippen LogP contribution in [0.5, 0.6) is 0 Å². The summed E-state index contributed by atoms with van der Waals surface area (Å²) >= 11 is 0. The number of hydrogen-bond acceptors (Lipinski definition) is 8. The molecule has 1 atom stereocenters. The molecule has 0 saturated heterocycles. The number of esters is 1. The zero-order chi connectivity index (χ0) is 41.6. The first kappa shape index (κ1) is 56.2. The van der Waals surface area contributed by atoms with Crippen LogP contribution in [0.25, 0.3) is 0 Å². The molecule has 342 valence electrons. The average molecular weight is 815 g/mol. The normalized spacial score (nSPS) is 12.4. The van der Waals surface area contributed by atoms with E-state index < -0.39 is 24.5 Å². The second-order valence-electron chi connectivity index (χ2n) is 17.2. The van der Waals surface area contributed by atoms with Crippen LogP contribution in [-0.4, -0.2) is 77.9 Å². The summed E-state index contributed by atoms with van der Waals surface area (Å²) in [5, 5.41) is 37.0. The third kappa shape index (κ3) is 39.1. The summed E-state index contributed by atoms with van der Waals surface area (Å²) in [6.45, 7) is 3.05. The van der Waals surface area contributed by atoms with Gasteiger partial charge in [-0.3, -0.25) is 0 Å². The fourth-order valence-electron chi connectivity index (χ4n) is 7.73. The van der Waals surface area contributed by atoms with Gasteiger partial charge in [0.2, 0.25) is 0 Å². The number of hydrogen-bond donors (Lipinski definition) is 4. The quantitative estimate of drug-likeness (QED) is 0.0272. The molecule has 8 heteroatoms. The number of unbranched alkanes of at least 4 members (excludes halogenated alkanes) is 35. The van der Waals surface area contributed by atoms with E-state index in [1.54, 1.807) is 0 Å². The lowest BCUT2D eigenvalue weighted by Gasteiger charge is -2.32. The first-order valence-corrected chi connectivity index (χ1v) is 25.0. The molecule has 0 aliphatic carbocycles. The Hall–Kier alpha value is -0.770. The minimum absolute atomic E-state index is 0.265. The van der Waals surface area contributed by atoms with Gasteiger partial charge < -0.3 is 34.6 Å². The van der Waals surface area contributed by atoms with Gasteiger partial charge in [-0.1, -0.05) is 219 Å². The van der Waals surface area contributed by atoms with Gasteiger partial charge in [-0.2, -0.15) is 0 Å². The lowest BCUT2D eigenvalue weighted by Crippen LogP contribution is -2.47. The average Bonchev–Trinajstić information content (AvgIpc) is 3.22. The highest BCUT2D eigenvalue weighted by Crippen LogP contribution is 2.27. The lowest BCUT2D eigenvalue weighted by molar-refractivity contribution is -0.254. The van der Waals surface area contributed by atoms with Crippen LogP contribution in [0.2, 0.25) is 0 Å². The van der Waals surface area contributed by atoms with Crippen molar-refractivity contribution in [1.29, 1.82) is 0 Å². The van der Waals surface area contributed by atoms with E-state index >= 15 is 0 Å². The van der Waals surface area contributed by atoms with Crippen molar-refractivity contribution in [3.63, 3.8) is 0 Å². The molecule has 8 nitrogen and oxygen atoms in total. The van der Waals surface area contributed by atoms with E-state index in [9.17, 15) is 15.0 Å². The Morgan fingerprint density at radius 2 is 0.702 bits per heavy atom. The Morgan fingerprint density at radius 1 is 0.421 bits per heavy atom. The Kier molecular flexibility index (Phi) is 45.7. The van der Waals surface area contributed by atoms with Crippen molar-refractivity contribution in [1.82, 2.24) is 0 Å². The van der Waals surface area contributed by atoms with Crippen LogP contribution >= 0.6 is 0 Å². The molecule has 0 spiro atoms. The molecule has 0 rings (SSSR count). The fraction of sp³-hybridized carbons (Fsp3) is 0.980. The van der Waals surface area contributed by atoms with Crippen LogP contribution in [0.1, 0.15) is 257 Å². The molecule has 0 radical (unpaired) electrons. The van der Waals surface area contributed by atoms with Crippen molar-refractivity contribution in [3.05, 3.63) is 0 Å². The van der Waals surface area contributed by atoms with Gasteiger partial charge in [0.05, 0.1) is 19.8 Å². The van der Waals surface area contributed by atoms with Crippen molar-refractivity contribution >= 4 is 5.97 Å². The van der Waals surface area contributed by atoms with Crippen molar-refractivity contribution < 1.29 is 39.4 Å². The van der Waals surface area contributed by atoms with E-state index in [-0.39, 0.29) is 6.61 Å². The van der Waals surface area contributed by atoms with Gasteiger partial charge >= 0.3 is 5.97 Å². The summed E-state index contributed by atoms with van der Waals surface area (Å²) in [5.74, 6) is -2.03. The minimum atomic E-state index is -1.46. The molecule has 4 N–H and O–H groups in total. The van der Waals surface area contributed by atoms with E-state index in [4.69, 9.17) is 24.4 Å². The molecule has 0 aliphatic heterocycles. The number of carbonyl (C=O) groups is 1. The standard InChI is InChI=1S/C49H98O8/c1-2-3-4-5-30-35-40-49(48(54)55-46-47(53)45-52,56-43-38-33-28-24-20-16-12-8-6-10-14-18-22-26-31-36-41-50)57-44-39-34-29-25-21-17-13-9-7-11-15-19-23-27-32-37-42-51/h47,50-53H,2-46H2,1H3. The molecule has 0 amide bonds. The first-order chi connectivity index (χ1) is 28.1. The van der Waals surface area contributed by atoms with Crippen molar-refractivity contribution in [2.45, 2.75) is 269 Å². The molecule has 0 saturated carbocycles. The number of aliphatic hydroxyl groups excluding tert-OH is 4. The zero-order valence-corrected chi connectivity index (χ0v) is 37.8. The number of carbonyl (C=O) groups excluding carboxylic acids is 1. The molecule has 0 aliphatic rings. The van der Waals surface area contributed by atoms with Gasteiger partial charge in [-0.05, 0) is 32.1 Å². The van der Waals surface area contributed by atoms with Gasteiger partial charge in [0.1, 0.15) is 12.7 Å². The highest BCUT2D eigenvalue weighted by atomic mass is 16.7. The molecule has 0 aromatic heterocycles.